The molecule has 4 aliphatic heterocycles. The molecule has 286 valence electrons. The summed E-state index contributed by atoms with van der Waals surface area (Å²) in [4.78, 5) is 20.4. The molecule has 0 aromatic carbocycles. The summed E-state index contributed by atoms with van der Waals surface area (Å²) in [6.45, 7) is 7.70. The predicted octanol–water partition coefficient (Wildman–Crippen LogP) is -1.94. The molecule has 0 aliphatic carbocycles. The first-order chi connectivity index (χ1) is 24.1. The van der Waals surface area contributed by atoms with Crippen molar-refractivity contribution in [3.05, 3.63) is 12.3 Å². The summed E-state index contributed by atoms with van der Waals surface area (Å²) in [6.07, 6.45) is -0.322. The third kappa shape index (κ3) is 21.6. The maximum atomic E-state index is 11.1. The number of aliphatic hydroxyl groups is 4. The maximum Gasteiger partial charge on any atom is 0.305 e. The average molecular weight is 761 g/mol. The Kier molecular flexibility index (Phi) is 28.1. The van der Waals surface area contributed by atoms with E-state index >= 15 is 0 Å². The van der Waals surface area contributed by atoms with Crippen molar-refractivity contribution >= 4 is 62.3 Å². The van der Waals surface area contributed by atoms with E-state index < -0.39 is 30.3 Å². The topological polar surface area (TPSA) is 235 Å². The Morgan fingerprint density at radius 3 is 1.47 bits per heavy atom. The summed E-state index contributed by atoms with van der Waals surface area (Å²) in [6, 6.07) is -1.47. The van der Waals surface area contributed by atoms with Crippen molar-refractivity contribution in [2.45, 2.75) is 125 Å². The molecule has 0 spiro atoms. The molecule has 0 bridgehead atoms. The number of hydrogen-bond acceptors (Lipinski definition) is 15. The highest BCUT2D eigenvalue weighted by atomic mass is 31.0. The van der Waals surface area contributed by atoms with Crippen LogP contribution >= 0.6 is 18.9 Å². The largest absolute Gasteiger partial charge is 0.491 e. The van der Waals surface area contributed by atoms with Crippen molar-refractivity contribution in [3.63, 3.8) is 0 Å². The minimum absolute atomic E-state index is 0.101. The van der Waals surface area contributed by atoms with Crippen LogP contribution in [-0.4, -0.2) is 175 Å². The van der Waals surface area contributed by atoms with Crippen LogP contribution in [0.4, 0.5) is 0 Å². The molecular weight excluding hydrogens is 708 g/mol. The van der Waals surface area contributed by atoms with Gasteiger partial charge in [0, 0.05) is 68.6 Å². The summed E-state index contributed by atoms with van der Waals surface area (Å²) in [7, 11) is 26.1. The van der Waals surface area contributed by atoms with E-state index in [4.69, 9.17) is 95.0 Å². The third-order valence-electron chi connectivity index (χ3n) is 7.26. The molecule has 14 atom stereocenters. The Labute approximate surface area is 310 Å². The van der Waals surface area contributed by atoms with Crippen LogP contribution in [0.2, 0.25) is 0 Å². The number of nitrogens with two attached hydrogens (primary N) is 1. The van der Waals surface area contributed by atoms with Gasteiger partial charge in [-0.2, -0.15) is 0 Å². The highest BCUT2D eigenvalue weighted by molar-refractivity contribution is 7.10. The number of aliphatic carboxylic acids is 1. The SMILES string of the molecule is CCC(=O)O.[B][C@@H]1CC(O)[C@H](CO)O1.[B][C@@H]1CC(O)[C@H](COP)O1.[B][C@@H]1CC(OC(=C)CN)[C@H](CO)O1.[B][C@@H]1CC(OC(=O)CC)[C@H](COP)O1. The molecule has 0 aromatic heterocycles. The standard InChI is InChI=1S/C8H14BNO3.C8H14BO4P.C5H10BO3P.C5H9BO3.C3H6O2/c1-5(3-10)12-6-2-8(9)13-7(6)4-11;1-2-8(10)13-5-3-7(9)12-6(5)4-11-14;6-5-1-3(7)4(9-5)2-8-10;6-5-1-3(8)4(2-7)9-5;1-2-3(4)5/h6-8,11H,1-4,10H2;5-7H,2-4,14H2,1H3;3-5,7H,1-2,10H2;3-5,7-8H,1-2H2;2H2,1H3,(H,4,5)/t6?,7-,8-;5?,6-,7-;2*3?,4-,5-;/m0000./s1. The Hall–Kier alpha value is -0.840. The Bertz CT molecular complexity index is 972. The molecule has 51 heavy (non-hydrogen) atoms. The van der Waals surface area contributed by atoms with Gasteiger partial charge in [0.25, 0.3) is 0 Å². The molecule has 4 aliphatic rings. The average Bonchev–Trinajstić information content (AvgIpc) is 3.82. The number of carboxylic acid groups (broad SMARTS) is 1. The molecule has 0 amide bonds. The van der Waals surface area contributed by atoms with Gasteiger partial charge in [-0.05, 0) is 12.8 Å². The molecule has 4 fully saturated rings. The fourth-order valence-electron chi connectivity index (χ4n) is 4.59. The first-order valence-electron chi connectivity index (χ1n) is 16.4. The maximum absolute atomic E-state index is 11.1. The Morgan fingerprint density at radius 2 is 1.12 bits per heavy atom. The highest BCUT2D eigenvalue weighted by Gasteiger charge is 2.36. The van der Waals surface area contributed by atoms with Gasteiger partial charge >= 0.3 is 11.9 Å². The van der Waals surface area contributed by atoms with Crippen LogP contribution in [0.5, 0.6) is 0 Å². The van der Waals surface area contributed by atoms with Crippen LogP contribution in [0.25, 0.3) is 0 Å². The van der Waals surface area contributed by atoms with E-state index in [-0.39, 0.29) is 80.7 Å². The van der Waals surface area contributed by atoms with Gasteiger partial charge in [-0.25, -0.2) is 0 Å². The van der Waals surface area contributed by atoms with Crippen molar-refractivity contribution in [2.75, 3.05) is 33.0 Å². The van der Waals surface area contributed by atoms with Gasteiger partial charge in [0.1, 0.15) is 73.8 Å². The second-order valence-electron chi connectivity index (χ2n) is 11.5. The van der Waals surface area contributed by atoms with Gasteiger partial charge in [0.05, 0.1) is 45.2 Å². The monoisotopic (exact) mass is 761 g/mol. The lowest BCUT2D eigenvalue weighted by molar-refractivity contribution is -0.152. The first-order valence-corrected chi connectivity index (χ1v) is 17.3. The van der Waals surface area contributed by atoms with Gasteiger partial charge in [0.15, 0.2) is 0 Å². The molecule has 16 nitrogen and oxygen atoms in total. The molecule has 8 radical (unpaired) electrons. The molecule has 6 unspecified atom stereocenters. The van der Waals surface area contributed by atoms with E-state index in [1.54, 1.807) is 13.8 Å². The van der Waals surface area contributed by atoms with Gasteiger partial charge in [-0.1, -0.05) is 20.4 Å². The number of carbonyl (C=O) groups is 2. The van der Waals surface area contributed by atoms with E-state index in [2.05, 4.69) is 25.5 Å². The second kappa shape index (κ2) is 28.6. The van der Waals surface area contributed by atoms with Crippen LogP contribution in [0.15, 0.2) is 12.3 Å². The normalized spacial score (nSPS) is 33.5. The van der Waals surface area contributed by atoms with Crippen LogP contribution in [-0.2, 0) is 47.1 Å². The van der Waals surface area contributed by atoms with Gasteiger partial charge in [-0.3, -0.25) is 9.59 Å². The molecular formula is C29H53B4NO15P2. The van der Waals surface area contributed by atoms with E-state index in [1.807, 2.05) is 0 Å². The number of rotatable bonds is 12. The molecule has 4 heterocycles. The van der Waals surface area contributed by atoms with Crippen LogP contribution in [0.1, 0.15) is 52.4 Å². The fourth-order valence-corrected chi connectivity index (χ4v) is 4.97. The molecule has 22 heteroatoms. The highest BCUT2D eigenvalue weighted by Crippen LogP contribution is 2.24. The number of carbonyl (C=O) groups excluding carboxylic acids is 1. The lowest BCUT2D eigenvalue weighted by atomic mass is 9.96. The Morgan fingerprint density at radius 1 is 0.725 bits per heavy atom. The minimum atomic E-state index is -0.745. The molecule has 4 saturated heterocycles. The number of esters is 1. The summed E-state index contributed by atoms with van der Waals surface area (Å²) in [5.74, 6) is -0.493. The third-order valence-corrected chi connectivity index (χ3v) is 7.65. The molecule has 0 saturated carbocycles. The van der Waals surface area contributed by atoms with Gasteiger partial charge in [-0.15, -0.1) is 0 Å². The fraction of sp³-hybridized carbons (Fsp3) is 0.862. The zero-order chi connectivity index (χ0) is 39.1. The summed E-state index contributed by atoms with van der Waals surface area (Å²) in [5, 5.41) is 43.3. The smallest absolute Gasteiger partial charge is 0.305 e. The second-order valence-corrected chi connectivity index (χ2v) is 12.2. The molecule has 0 aromatic rings. The lowest BCUT2D eigenvalue weighted by Gasteiger charge is -2.18. The van der Waals surface area contributed by atoms with E-state index in [0.717, 1.165) is 0 Å². The van der Waals surface area contributed by atoms with Gasteiger partial charge in [0.2, 0.25) is 0 Å². The van der Waals surface area contributed by atoms with Crippen molar-refractivity contribution in [3.8, 4) is 0 Å². The van der Waals surface area contributed by atoms with Crippen molar-refractivity contribution < 1.29 is 72.6 Å². The van der Waals surface area contributed by atoms with Crippen molar-refractivity contribution in [1.82, 2.24) is 0 Å². The van der Waals surface area contributed by atoms with Crippen LogP contribution < -0.4 is 5.73 Å². The van der Waals surface area contributed by atoms with E-state index in [9.17, 15) is 14.7 Å². The van der Waals surface area contributed by atoms with Gasteiger partial charge < -0.3 is 68.7 Å². The van der Waals surface area contributed by atoms with E-state index in [0.29, 0.717) is 51.1 Å². The molecule has 7 N–H and O–H groups in total. The number of hydrogen-bond donors (Lipinski definition) is 6. The van der Waals surface area contributed by atoms with Crippen LogP contribution in [0.3, 0.4) is 0 Å². The lowest BCUT2D eigenvalue weighted by Crippen LogP contribution is -2.30. The van der Waals surface area contributed by atoms with Crippen molar-refractivity contribution in [2.24, 2.45) is 5.73 Å². The summed E-state index contributed by atoms with van der Waals surface area (Å²) in [5.41, 5.74) is 5.31. The zero-order valence-electron chi connectivity index (χ0n) is 29.3. The number of ether oxygens (including phenoxy) is 6. The zero-order valence-corrected chi connectivity index (χ0v) is 31.6. The van der Waals surface area contributed by atoms with Crippen LogP contribution in [0, 0.1) is 0 Å². The quantitative estimate of drug-likeness (QED) is 0.0550. The van der Waals surface area contributed by atoms with E-state index in [1.165, 1.54) is 0 Å². The first kappa shape index (κ1) is 50.2. The summed E-state index contributed by atoms with van der Waals surface area (Å²) >= 11 is 0. The summed E-state index contributed by atoms with van der Waals surface area (Å²) < 4.78 is 40.6. The Balaban J connectivity index is 0.000000633. The molecule has 4 rings (SSSR count). The number of aliphatic hydroxyl groups excluding tert-OH is 4. The number of carboxylic acids is 1. The minimum Gasteiger partial charge on any atom is -0.491 e. The predicted molar refractivity (Wildman–Crippen MR) is 195 cm³/mol. The van der Waals surface area contributed by atoms with Crippen molar-refractivity contribution in [1.29, 1.82) is 0 Å².